The minimum absolute atomic E-state index is 0.408. The predicted octanol–water partition coefficient (Wildman–Crippen LogP) is 2.80. The van der Waals surface area contributed by atoms with Crippen molar-refractivity contribution >= 4 is 0 Å². The van der Waals surface area contributed by atoms with E-state index in [0.717, 1.165) is 18.7 Å². The second kappa shape index (κ2) is 6.88. The summed E-state index contributed by atoms with van der Waals surface area (Å²) in [4.78, 5) is 0. The van der Waals surface area contributed by atoms with E-state index in [9.17, 15) is 0 Å². The summed E-state index contributed by atoms with van der Waals surface area (Å²) in [5.41, 5.74) is 2.41. The van der Waals surface area contributed by atoms with Crippen LogP contribution >= 0.6 is 0 Å². The fourth-order valence-electron chi connectivity index (χ4n) is 1.94. The Balaban J connectivity index is 2.94. The Bertz CT molecular complexity index is 355. The van der Waals surface area contributed by atoms with E-state index >= 15 is 0 Å². The Morgan fingerprint density at radius 2 is 1.83 bits per heavy atom. The maximum absolute atomic E-state index is 4.36. The maximum atomic E-state index is 4.36. The monoisotopic (exact) mass is 252 g/mol. The van der Waals surface area contributed by atoms with Crippen molar-refractivity contribution in [2.24, 2.45) is 11.8 Å². The third-order valence-electron chi connectivity index (χ3n) is 3.52. The van der Waals surface area contributed by atoms with Gasteiger partial charge in [0, 0.05) is 6.54 Å². The van der Waals surface area contributed by atoms with Gasteiger partial charge in [0.05, 0.1) is 17.4 Å². The van der Waals surface area contributed by atoms with Gasteiger partial charge in [0.25, 0.3) is 0 Å². The Morgan fingerprint density at radius 3 is 2.33 bits per heavy atom. The van der Waals surface area contributed by atoms with E-state index in [0.29, 0.717) is 17.9 Å². The topological polar surface area (TPSA) is 42.7 Å². The third kappa shape index (κ3) is 3.80. The second-order valence-electron chi connectivity index (χ2n) is 5.87. The molecule has 1 N–H and O–H groups in total. The first-order valence-corrected chi connectivity index (χ1v) is 7.04. The third-order valence-corrected chi connectivity index (χ3v) is 3.52. The van der Waals surface area contributed by atoms with Gasteiger partial charge in [-0.05, 0) is 38.6 Å². The van der Waals surface area contributed by atoms with Gasteiger partial charge in [0.1, 0.15) is 0 Å². The van der Waals surface area contributed by atoms with Crippen LogP contribution in [0.25, 0.3) is 0 Å². The Labute approximate surface area is 111 Å². The lowest BCUT2D eigenvalue weighted by atomic mass is 10.0. The van der Waals surface area contributed by atoms with Gasteiger partial charge in [-0.15, -0.1) is 5.10 Å². The summed E-state index contributed by atoms with van der Waals surface area (Å²) >= 11 is 0. The molecule has 1 rings (SSSR count). The van der Waals surface area contributed by atoms with Crippen molar-refractivity contribution in [2.75, 3.05) is 7.05 Å². The lowest BCUT2D eigenvalue weighted by Crippen LogP contribution is -2.17. The van der Waals surface area contributed by atoms with Gasteiger partial charge in [-0.25, -0.2) is 4.68 Å². The van der Waals surface area contributed by atoms with Crippen LogP contribution in [0.4, 0.5) is 0 Å². The highest BCUT2D eigenvalue weighted by atomic mass is 15.4. The summed E-state index contributed by atoms with van der Waals surface area (Å²) in [6.07, 6.45) is 2.26. The van der Waals surface area contributed by atoms with E-state index in [1.165, 1.54) is 12.1 Å². The van der Waals surface area contributed by atoms with Gasteiger partial charge in [0.2, 0.25) is 0 Å². The molecule has 0 fully saturated rings. The van der Waals surface area contributed by atoms with Gasteiger partial charge in [-0.2, -0.15) is 0 Å². The first-order valence-electron chi connectivity index (χ1n) is 7.04. The molecular weight excluding hydrogens is 224 g/mol. The number of hydrogen-bond acceptors (Lipinski definition) is 3. The molecule has 1 atom stereocenters. The molecule has 0 saturated heterocycles. The average Bonchev–Trinajstić information content (AvgIpc) is 2.68. The highest BCUT2D eigenvalue weighted by Gasteiger charge is 2.18. The molecule has 0 aliphatic heterocycles. The van der Waals surface area contributed by atoms with E-state index < -0.39 is 0 Å². The fourth-order valence-corrected chi connectivity index (χ4v) is 1.94. The molecular formula is C14H28N4. The van der Waals surface area contributed by atoms with Crippen LogP contribution in [-0.4, -0.2) is 22.0 Å². The molecule has 18 heavy (non-hydrogen) atoms. The van der Waals surface area contributed by atoms with Crippen LogP contribution < -0.4 is 5.32 Å². The molecule has 0 bridgehead atoms. The van der Waals surface area contributed by atoms with Crippen LogP contribution in [0.3, 0.4) is 0 Å². The summed E-state index contributed by atoms with van der Waals surface area (Å²) in [5, 5.41) is 11.9. The van der Waals surface area contributed by atoms with Crippen LogP contribution in [0.1, 0.15) is 58.5 Å². The molecule has 0 amide bonds. The lowest BCUT2D eigenvalue weighted by Gasteiger charge is -2.19. The van der Waals surface area contributed by atoms with Crippen molar-refractivity contribution in [2.45, 2.75) is 60.0 Å². The van der Waals surface area contributed by atoms with Crippen LogP contribution in [0.5, 0.6) is 0 Å². The number of nitrogens with one attached hydrogen (secondary N) is 1. The summed E-state index contributed by atoms with van der Waals surface area (Å²) in [5.74, 6) is 1.29. The van der Waals surface area contributed by atoms with E-state index in [4.69, 9.17) is 0 Å². The second-order valence-corrected chi connectivity index (χ2v) is 5.87. The van der Waals surface area contributed by atoms with Crippen LogP contribution in [0, 0.1) is 11.8 Å². The molecule has 1 aromatic rings. The molecule has 0 aliphatic carbocycles. The molecule has 0 saturated carbocycles. The number of rotatable bonds is 7. The first-order chi connectivity index (χ1) is 8.47. The molecule has 4 heteroatoms. The molecule has 0 radical (unpaired) electrons. The van der Waals surface area contributed by atoms with Gasteiger partial charge in [0.15, 0.2) is 0 Å². The van der Waals surface area contributed by atoms with Crippen molar-refractivity contribution in [1.82, 2.24) is 20.3 Å². The number of nitrogens with zero attached hydrogens (tertiary/aromatic N) is 3. The molecule has 0 aliphatic rings. The van der Waals surface area contributed by atoms with E-state index in [-0.39, 0.29) is 0 Å². The van der Waals surface area contributed by atoms with Gasteiger partial charge in [-0.3, -0.25) is 0 Å². The molecule has 4 nitrogen and oxygen atoms in total. The summed E-state index contributed by atoms with van der Waals surface area (Å²) in [7, 11) is 1.96. The molecule has 1 unspecified atom stereocenters. The van der Waals surface area contributed by atoms with E-state index in [1.807, 2.05) is 7.05 Å². The van der Waals surface area contributed by atoms with Crippen LogP contribution in [0.2, 0.25) is 0 Å². The maximum Gasteiger partial charge on any atom is 0.0996 e. The smallest absolute Gasteiger partial charge is 0.0996 e. The van der Waals surface area contributed by atoms with Crippen molar-refractivity contribution in [3.05, 3.63) is 11.4 Å². The molecule has 0 spiro atoms. The lowest BCUT2D eigenvalue weighted by molar-refractivity contribution is 0.355. The highest BCUT2D eigenvalue weighted by Crippen LogP contribution is 2.21. The van der Waals surface area contributed by atoms with Gasteiger partial charge in [-0.1, -0.05) is 32.9 Å². The van der Waals surface area contributed by atoms with Gasteiger partial charge >= 0.3 is 0 Å². The Kier molecular flexibility index (Phi) is 5.79. The Hall–Kier alpha value is -0.900. The van der Waals surface area contributed by atoms with Crippen molar-refractivity contribution in [1.29, 1.82) is 0 Å². The molecule has 1 heterocycles. The molecule has 0 aromatic carbocycles. The zero-order valence-corrected chi connectivity index (χ0v) is 12.7. The molecule has 1 aromatic heterocycles. The van der Waals surface area contributed by atoms with Gasteiger partial charge < -0.3 is 5.32 Å². The minimum Gasteiger partial charge on any atom is -0.314 e. The number of aromatic nitrogens is 3. The van der Waals surface area contributed by atoms with Crippen molar-refractivity contribution < 1.29 is 0 Å². The van der Waals surface area contributed by atoms with E-state index in [1.54, 1.807) is 0 Å². The van der Waals surface area contributed by atoms with Crippen molar-refractivity contribution in [3.63, 3.8) is 0 Å². The summed E-state index contributed by atoms with van der Waals surface area (Å²) < 4.78 is 2.12. The Morgan fingerprint density at radius 1 is 1.17 bits per heavy atom. The SMILES string of the molecule is CNCc1nnn(C(C)C(C)C)c1CCC(C)C. The zero-order valence-electron chi connectivity index (χ0n) is 12.7. The predicted molar refractivity (Wildman–Crippen MR) is 75.5 cm³/mol. The number of hydrogen-bond donors (Lipinski definition) is 1. The summed E-state index contributed by atoms with van der Waals surface area (Å²) in [6.45, 7) is 12.0. The quantitative estimate of drug-likeness (QED) is 0.811. The summed E-state index contributed by atoms with van der Waals surface area (Å²) in [6, 6.07) is 0.408. The normalized spacial score (nSPS) is 13.6. The first kappa shape index (κ1) is 15.2. The van der Waals surface area contributed by atoms with Crippen LogP contribution in [0.15, 0.2) is 0 Å². The zero-order chi connectivity index (χ0) is 13.7. The standard InChI is InChI=1S/C14H28N4/c1-10(2)7-8-14-13(9-15-6)16-17-18(14)12(5)11(3)4/h10-12,15H,7-9H2,1-6H3. The minimum atomic E-state index is 0.408. The van der Waals surface area contributed by atoms with Crippen LogP contribution in [-0.2, 0) is 13.0 Å². The highest BCUT2D eigenvalue weighted by molar-refractivity contribution is 5.11. The van der Waals surface area contributed by atoms with Crippen molar-refractivity contribution in [3.8, 4) is 0 Å². The largest absolute Gasteiger partial charge is 0.314 e. The fraction of sp³-hybridized carbons (Fsp3) is 0.857. The average molecular weight is 252 g/mol. The van der Waals surface area contributed by atoms with E-state index in [2.05, 4.69) is 54.9 Å². The molecule has 104 valence electrons.